The number of ether oxygens (including phenoxy) is 1. The number of ketones is 1. The molecular weight excluding hydrogens is 370 g/mol. The molecule has 1 aromatic rings. The third kappa shape index (κ3) is 7.03. The lowest BCUT2D eigenvalue weighted by atomic mass is 10.1. The maximum Gasteiger partial charge on any atom is 0.306 e. The first-order valence-electron chi connectivity index (χ1n) is 8.85. The zero-order valence-electron chi connectivity index (χ0n) is 15.2. The number of anilines is 1. The van der Waals surface area contributed by atoms with Crippen molar-refractivity contribution in [2.45, 2.75) is 57.3 Å². The number of benzene rings is 1. The van der Waals surface area contributed by atoms with Gasteiger partial charge in [-0.05, 0) is 45.2 Å². The Bertz CT molecular complexity index is 644. The van der Waals surface area contributed by atoms with Gasteiger partial charge in [-0.25, -0.2) is 0 Å². The van der Waals surface area contributed by atoms with Gasteiger partial charge in [0.1, 0.15) is 0 Å². The van der Waals surface area contributed by atoms with Crippen molar-refractivity contribution in [3.05, 3.63) is 29.8 Å². The van der Waals surface area contributed by atoms with Crippen LogP contribution in [0.15, 0.2) is 24.3 Å². The lowest BCUT2D eigenvalue weighted by molar-refractivity contribution is -0.153. The van der Waals surface area contributed by atoms with Crippen LogP contribution in [0.4, 0.5) is 5.69 Å². The molecule has 1 saturated heterocycles. The number of Topliss-reactive ketones (excluding diaryl/α,β-unsaturated/α-hetero) is 1. The monoisotopic (exact) mass is 395 g/mol. The van der Waals surface area contributed by atoms with Gasteiger partial charge in [0.25, 0.3) is 5.91 Å². The number of carbonyl (C=O) groups excluding carboxylic acids is 3. The van der Waals surface area contributed by atoms with E-state index >= 15 is 0 Å². The average Bonchev–Trinajstić information content (AvgIpc) is 3.12. The fourth-order valence-electron chi connectivity index (χ4n) is 2.58. The van der Waals surface area contributed by atoms with Crippen LogP contribution in [0.25, 0.3) is 0 Å². The number of hydrogen-bond acceptors (Lipinski definition) is 6. The largest absolute Gasteiger partial charge is 0.453 e. The third-order valence-electron chi connectivity index (χ3n) is 4.10. The summed E-state index contributed by atoms with van der Waals surface area (Å²) in [6.07, 6.45) is 3.64. The lowest BCUT2D eigenvalue weighted by Crippen LogP contribution is -2.30. The standard InChI is InChI=1S/C19H25NO4S2/c1-13(21)15-6-5-7-16(12-15)20-19(23)14(2)24-18(22)9-4-3-8-17-10-11-25-26-17/h5-7,12,14,17H,3-4,8-11H2,1-2H3,(H,20,23)/t14-,17-/m1/s1. The van der Waals surface area contributed by atoms with Crippen LogP contribution in [0.5, 0.6) is 0 Å². The minimum Gasteiger partial charge on any atom is -0.453 e. The van der Waals surface area contributed by atoms with Gasteiger partial charge in [-0.3, -0.25) is 14.4 Å². The summed E-state index contributed by atoms with van der Waals surface area (Å²) < 4.78 is 5.21. The van der Waals surface area contributed by atoms with Gasteiger partial charge < -0.3 is 10.1 Å². The minimum atomic E-state index is -0.870. The number of esters is 1. The maximum absolute atomic E-state index is 12.2. The predicted molar refractivity (Wildman–Crippen MR) is 108 cm³/mol. The molecule has 142 valence electrons. The molecule has 0 spiro atoms. The van der Waals surface area contributed by atoms with Crippen molar-refractivity contribution in [3.63, 3.8) is 0 Å². The molecule has 26 heavy (non-hydrogen) atoms. The van der Waals surface area contributed by atoms with Gasteiger partial charge in [-0.2, -0.15) is 0 Å². The second kappa shape index (κ2) is 10.6. The molecule has 2 rings (SSSR count). The Morgan fingerprint density at radius 2 is 2.12 bits per heavy atom. The minimum absolute atomic E-state index is 0.0739. The van der Waals surface area contributed by atoms with Crippen LogP contribution in [-0.4, -0.2) is 34.8 Å². The Labute approximate surface area is 162 Å². The average molecular weight is 396 g/mol. The van der Waals surface area contributed by atoms with Crippen molar-refractivity contribution in [2.24, 2.45) is 0 Å². The summed E-state index contributed by atoms with van der Waals surface area (Å²) in [5.41, 5.74) is 1.03. The molecule has 7 heteroatoms. The maximum atomic E-state index is 12.2. The van der Waals surface area contributed by atoms with Gasteiger partial charge in [-0.15, -0.1) is 0 Å². The highest BCUT2D eigenvalue weighted by Crippen LogP contribution is 2.39. The van der Waals surface area contributed by atoms with Crippen LogP contribution in [0.1, 0.15) is 56.3 Å². The van der Waals surface area contributed by atoms with Crippen molar-refractivity contribution in [2.75, 3.05) is 11.1 Å². The highest BCUT2D eigenvalue weighted by Gasteiger charge is 2.19. The summed E-state index contributed by atoms with van der Waals surface area (Å²) in [6.45, 7) is 3.02. The number of unbranched alkanes of at least 4 members (excludes halogenated alkanes) is 1. The van der Waals surface area contributed by atoms with Crippen LogP contribution >= 0.6 is 21.6 Å². The second-order valence-electron chi connectivity index (χ2n) is 6.33. The number of rotatable bonds is 9. The van der Waals surface area contributed by atoms with Crippen LogP contribution < -0.4 is 5.32 Å². The summed E-state index contributed by atoms with van der Waals surface area (Å²) in [7, 11) is 3.87. The van der Waals surface area contributed by atoms with Crippen LogP contribution in [-0.2, 0) is 14.3 Å². The van der Waals surface area contributed by atoms with Crippen molar-refractivity contribution in [1.29, 1.82) is 0 Å². The van der Waals surface area contributed by atoms with Crippen molar-refractivity contribution >= 4 is 44.9 Å². The molecule has 1 amide bonds. The molecule has 1 heterocycles. The first-order valence-corrected chi connectivity index (χ1v) is 11.2. The van der Waals surface area contributed by atoms with E-state index in [0.29, 0.717) is 22.9 Å². The Morgan fingerprint density at radius 1 is 1.31 bits per heavy atom. The number of carbonyl (C=O) groups is 3. The fourth-order valence-corrected chi connectivity index (χ4v) is 5.60. The fraction of sp³-hybridized carbons (Fsp3) is 0.526. The van der Waals surface area contributed by atoms with E-state index in [-0.39, 0.29) is 11.8 Å². The molecule has 0 radical (unpaired) electrons. The number of nitrogens with one attached hydrogen (secondary N) is 1. The molecule has 0 aromatic heterocycles. The van der Waals surface area contributed by atoms with Gasteiger partial charge in [-0.1, -0.05) is 40.1 Å². The highest BCUT2D eigenvalue weighted by molar-refractivity contribution is 8.77. The topological polar surface area (TPSA) is 72.5 Å². The Balaban J connectivity index is 1.69. The van der Waals surface area contributed by atoms with Crippen LogP contribution in [0.2, 0.25) is 0 Å². The van der Waals surface area contributed by atoms with E-state index in [1.165, 1.54) is 19.1 Å². The second-order valence-corrected chi connectivity index (χ2v) is 9.12. The molecular formula is C19H25NO4S2. The van der Waals surface area contributed by atoms with E-state index in [1.54, 1.807) is 31.2 Å². The van der Waals surface area contributed by atoms with E-state index < -0.39 is 12.0 Å². The molecule has 2 atom stereocenters. The highest BCUT2D eigenvalue weighted by atomic mass is 33.1. The zero-order valence-corrected chi connectivity index (χ0v) is 16.8. The molecule has 0 saturated carbocycles. The molecule has 1 aliphatic rings. The summed E-state index contributed by atoms with van der Waals surface area (Å²) in [5.74, 6) is 0.395. The summed E-state index contributed by atoms with van der Waals surface area (Å²) in [5, 5.41) is 3.39. The molecule has 0 unspecified atom stereocenters. The molecule has 1 N–H and O–H groups in total. The first-order chi connectivity index (χ1) is 12.5. The predicted octanol–water partition coefficient (Wildman–Crippen LogP) is 4.47. The van der Waals surface area contributed by atoms with E-state index in [9.17, 15) is 14.4 Å². The zero-order chi connectivity index (χ0) is 18.9. The lowest BCUT2D eigenvalue weighted by Gasteiger charge is -2.14. The Morgan fingerprint density at radius 3 is 2.81 bits per heavy atom. The molecule has 1 aromatic carbocycles. The molecule has 1 fully saturated rings. The smallest absolute Gasteiger partial charge is 0.306 e. The third-order valence-corrected chi connectivity index (χ3v) is 7.11. The van der Waals surface area contributed by atoms with Crippen molar-refractivity contribution in [1.82, 2.24) is 0 Å². The van der Waals surface area contributed by atoms with Gasteiger partial charge in [0, 0.05) is 28.7 Å². The molecule has 5 nitrogen and oxygen atoms in total. The van der Waals surface area contributed by atoms with Gasteiger partial charge >= 0.3 is 5.97 Å². The SMILES string of the molecule is CC(=O)c1cccc(NC(=O)[C@@H](C)OC(=O)CCCC[C@@H]2CCSS2)c1. The van der Waals surface area contributed by atoms with Gasteiger partial charge in [0.05, 0.1) is 0 Å². The van der Waals surface area contributed by atoms with E-state index in [4.69, 9.17) is 4.74 Å². The first kappa shape index (κ1) is 20.8. The van der Waals surface area contributed by atoms with E-state index in [1.807, 2.05) is 21.6 Å². The molecule has 0 bridgehead atoms. The summed E-state index contributed by atoms with van der Waals surface area (Å²) in [4.78, 5) is 35.4. The van der Waals surface area contributed by atoms with Gasteiger partial charge in [0.2, 0.25) is 0 Å². The quantitative estimate of drug-likeness (QED) is 0.288. The van der Waals surface area contributed by atoms with Gasteiger partial charge in [0.15, 0.2) is 11.9 Å². The summed E-state index contributed by atoms with van der Waals surface area (Å²) >= 11 is 0. The van der Waals surface area contributed by atoms with Crippen molar-refractivity contribution in [3.8, 4) is 0 Å². The normalized spacial score (nSPS) is 17.5. The number of amides is 1. The summed E-state index contributed by atoms with van der Waals surface area (Å²) in [6, 6.07) is 6.68. The van der Waals surface area contributed by atoms with E-state index in [2.05, 4.69) is 5.32 Å². The van der Waals surface area contributed by atoms with E-state index in [0.717, 1.165) is 19.3 Å². The number of hydrogen-bond donors (Lipinski definition) is 1. The van der Waals surface area contributed by atoms with Crippen LogP contribution in [0, 0.1) is 0 Å². The van der Waals surface area contributed by atoms with Crippen LogP contribution in [0.3, 0.4) is 0 Å². The molecule has 0 aliphatic carbocycles. The van der Waals surface area contributed by atoms with Crippen molar-refractivity contribution < 1.29 is 19.1 Å². The molecule has 1 aliphatic heterocycles. The Kier molecular flexibility index (Phi) is 8.51. The Hall–Kier alpha value is -1.47.